The van der Waals surface area contributed by atoms with Gasteiger partial charge in [0.2, 0.25) is 0 Å². The number of H-pyrrole nitrogens is 1. The number of nitro groups is 1. The van der Waals surface area contributed by atoms with Crippen molar-refractivity contribution in [1.29, 1.82) is 0 Å². The molecule has 0 unspecified atom stereocenters. The summed E-state index contributed by atoms with van der Waals surface area (Å²) in [5, 5.41) is 18.3. The van der Waals surface area contributed by atoms with Crippen LogP contribution in [-0.2, 0) is 9.47 Å². The number of ether oxygens (including phenoxy) is 2. The molecule has 2 aliphatic heterocycles. The first kappa shape index (κ1) is 16.0. The van der Waals surface area contributed by atoms with Gasteiger partial charge in [-0.1, -0.05) is 0 Å². The smallest absolute Gasteiger partial charge is 0.274 e. The maximum Gasteiger partial charge on any atom is 0.274 e. The molecule has 1 aromatic carbocycles. The summed E-state index contributed by atoms with van der Waals surface area (Å²) >= 11 is 0. The Morgan fingerprint density at radius 1 is 1.28 bits per heavy atom. The van der Waals surface area contributed by atoms with Crippen LogP contribution in [-0.4, -0.2) is 58.5 Å². The van der Waals surface area contributed by atoms with Crippen LogP contribution in [0.5, 0.6) is 0 Å². The van der Waals surface area contributed by atoms with Crippen molar-refractivity contribution in [2.75, 3.05) is 26.3 Å². The number of nitrogens with one attached hydrogen (secondary N) is 1. The lowest BCUT2D eigenvalue weighted by Gasteiger charge is -2.33. The number of hydrogen-bond acceptors (Lipinski definition) is 6. The van der Waals surface area contributed by atoms with Crippen LogP contribution >= 0.6 is 0 Å². The highest BCUT2D eigenvalue weighted by Gasteiger charge is 2.33. The minimum absolute atomic E-state index is 0.0582. The number of aromatic nitrogens is 2. The van der Waals surface area contributed by atoms with Crippen LogP contribution in [0, 0.1) is 16.0 Å². The molecule has 0 spiro atoms. The van der Waals surface area contributed by atoms with Crippen molar-refractivity contribution >= 4 is 22.5 Å². The second-order valence-corrected chi connectivity index (χ2v) is 6.30. The molecule has 25 heavy (non-hydrogen) atoms. The van der Waals surface area contributed by atoms with Crippen molar-refractivity contribution in [1.82, 2.24) is 15.1 Å². The van der Waals surface area contributed by atoms with E-state index in [1.54, 1.807) is 11.0 Å². The fraction of sp³-hybridized carbons (Fsp3) is 0.500. The lowest BCUT2D eigenvalue weighted by molar-refractivity contribution is -0.384. The Morgan fingerprint density at radius 3 is 2.68 bits per heavy atom. The van der Waals surface area contributed by atoms with E-state index < -0.39 is 4.92 Å². The van der Waals surface area contributed by atoms with Gasteiger partial charge in [0.1, 0.15) is 0 Å². The number of amides is 1. The lowest BCUT2D eigenvalue weighted by Crippen LogP contribution is -2.41. The molecule has 0 radical (unpaired) electrons. The third kappa shape index (κ3) is 2.96. The highest BCUT2D eigenvalue weighted by atomic mass is 16.7. The van der Waals surface area contributed by atoms with Crippen molar-refractivity contribution in [3.8, 4) is 0 Å². The Labute approximate surface area is 143 Å². The van der Waals surface area contributed by atoms with Crippen LogP contribution in [0.4, 0.5) is 5.69 Å². The topological polar surface area (TPSA) is 111 Å². The molecule has 1 amide bonds. The largest absolute Gasteiger partial charge is 0.350 e. The summed E-state index contributed by atoms with van der Waals surface area (Å²) in [5.74, 6) is 0.0852. The van der Waals surface area contributed by atoms with Crippen molar-refractivity contribution < 1.29 is 19.2 Å². The van der Waals surface area contributed by atoms with Crippen LogP contribution in [0.3, 0.4) is 0 Å². The van der Waals surface area contributed by atoms with Crippen LogP contribution in [0.2, 0.25) is 0 Å². The Hall–Kier alpha value is -2.52. The number of carbonyl (C=O) groups is 1. The van der Waals surface area contributed by atoms with E-state index in [1.807, 2.05) is 0 Å². The van der Waals surface area contributed by atoms with E-state index in [2.05, 4.69) is 10.2 Å². The molecule has 2 saturated heterocycles. The van der Waals surface area contributed by atoms with E-state index >= 15 is 0 Å². The van der Waals surface area contributed by atoms with E-state index in [-0.39, 0.29) is 23.6 Å². The van der Waals surface area contributed by atoms with Crippen LogP contribution in [0.15, 0.2) is 18.2 Å². The maximum absolute atomic E-state index is 12.8. The van der Waals surface area contributed by atoms with Crippen LogP contribution in [0.25, 0.3) is 10.9 Å². The van der Waals surface area contributed by atoms with Crippen molar-refractivity contribution in [2.24, 2.45) is 5.92 Å². The van der Waals surface area contributed by atoms with Gasteiger partial charge >= 0.3 is 0 Å². The van der Waals surface area contributed by atoms with Crippen LogP contribution < -0.4 is 0 Å². The second kappa shape index (κ2) is 6.41. The molecule has 1 N–H and O–H groups in total. The Kier molecular flexibility index (Phi) is 4.10. The zero-order valence-electron chi connectivity index (χ0n) is 13.5. The number of aromatic amines is 1. The van der Waals surface area contributed by atoms with E-state index in [0.29, 0.717) is 43.1 Å². The molecule has 2 fully saturated rings. The molecule has 1 aromatic heterocycles. The number of nitrogens with zero attached hydrogens (tertiary/aromatic N) is 3. The summed E-state index contributed by atoms with van der Waals surface area (Å²) in [6, 6.07) is 4.35. The zero-order valence-corrected chi connectivity index (χ0v) is 13.5. The molecule has 0 bridgehead atoms. The quantitative estimate of drug-likeness (QED) is 0.669. The number of non-ortho nitro benzene ring substituents is 1. The number of likely N-dealkylation sites (tertiary alicyclic amines) is 1. The normalized spacial score (nSPS) is 19.6. The van der Waals surface area contributed by atoms with Gasteiger partial charge in [-0.05, 0) is 18.9 Å². The maximum atomic E-state index is 12.8. The summed E-state index contributed by atoms with van der Waals surface area (Å²) < 4.78 is 11.1. The number of fused-ring (bicyclic) bond motifs is 1. The number of rotatable bonds is 3. The van der Waals surface area contributed by atoms with E-state index in [0.717, 1.165) is 12.8 Å². The standard InChI is InChI=1S/C16H18N4O5/c21-15(19-5-3-10(4-6-19)16-24-7-8-25-16)14-12-9-11(20(22)23)1-2-13(12)17-18-14/h1-2,9-10,16H,3-8H2,(H,17,18). The third-order valence-electron chi connectivity index (χ3n) is 4.82. The molecule has 4 rings (SSSR count). The van der Waals surface area contributed by atoms with Gasteiger partial charge in [0.15, 0.2) is 12.0 Å². The van der Waals surface area contributed by atoms with Gasteiger partial charge in [0, 0.05) is 36.5 Å². The minimum Gasteiger partial charge on any atom is -0.350 e. The fourth-order valence-corrected chi connectivity index (χ4v) is 3.45. The number of piperidine rings is 1. The van der Waals surface area contributed by atoms with Crippen molar-refractivity contribution in [3.63, 3.8) is 0 Å². The molecule has 3 heterocycles. The molecule has 132 valence electrons. The lowest BCUT2D eigenvalue weighted by atomic mass is 9.96. The van der Waals surface area contributed by atoms with Gasteiger partial charge in [0.05, 0.1) is 23.7 Å². The number of nitro benzene ring substituents is 1. The van der Waals surface area contributed by atoms with Gasteiger partial charge in [-0.3, -0.25) is 20.0 Å². The molecule has 9 heteroatoms. The van der Waals surface area contributed by atoms with Gasteiger partial charge in [-0.15, -0.1) is 0 Å². The monoisotopic (exact) mass is 346 g/mol. The van der Waals surface area contributed by atoms with E-state index in [4.69, 9.17) is 9.47 Å². The highest BCUT2D eigenvalue weighted by Crippen LogP contribution is 2.28. The Bertz CT molecular complexity index is 806. The molecule has 2 aromatic rings. The van der Waals surface area contributed by atoms with Crippen molar-refractivity contribution in [3.05, 3.63) is 34.0 Å². The minimum atomic E-state index is -0.478. The van der Waals surface area contributed by atoms with Gasteiger partial charge < -0.3 is 14.4 Å². The molecular formula is C16H18N4O5. The van der Waals surface area contributed by atoms with Crippen molar-refractivity contribution in [2.45, 2.75) is 19.1 Å². The third-order valence-corrected chi connectivity index (χ3v) is 4.82. The first-order chi connectivity index (χ1) is 12.1. The van der Waals surface area contributed by atoms with Gasteiger partial charge in [0.25, 0.3) is 11.6 Å². The SMILES string of the molecule is O=C(c1n[nH]c2ccc([N+](=O)[O-])cc12)N1CCC(C2OCCO2)CC1. The molecular weight excluding hydrogens is 328 g/mol. The predicted octanol–water partition coefficient (Wildman–Crippen LogP) is 1.70. The average molecular weight is 346 g/mol. The molecule has 9 nitrogen and oxygen atoms in total. The molecule has 0 atom stereocenters. The Balaban J connectivity index is 1.50. The summed E-state index contributed by atoms with van der Waals surface area (Å²) in [6.45, 7) is 2.44. The molecule has 0 aliphatic carbocycles. The van der Waals surface area contributed by atoms with Crippen LogP contribution in [0.1, 0.15) is 23.3 Å². The number of hydrogen-bond donors (Lipinski definition) is 1. The summed E-state index contributed by atoms with van der Waals surface area (Å²) in [6.07, 6.45) is 1.45. The second-order valence-electron chi connectivity index (χ2n) is 6.30. The summed E-state index contributed by atoms with van der Waals surface area (Å²) in [7, 11) is 0. The first-order valence-electron chi connectivity index (χ1n) is 8.28. The summed E-state index contributed by atoms with van der Waals surface area (Å²) in [4.78, 5) is 25.0. The zero-order chi connectivity index (χ0) is 17.4. The fourth-order valence-electron chi connectivity index (χ4n) is 3.45. The Morgan fingerprint density at radius 2 is 2.00 bits per heavy atom. The average Bonchev–Trinajstić information content (AvgIpc) is 3.30. The van der Waals surface area contributed by atoms with Gasteiger partial charge in [-0.2, -0.15) is 5.10 Å². The number of carbonyl (C=O) groups excluding carboxylic acids is 1. The highest BCUT2D eigenvalue weighted by molar-refractivity contribution is 6.05. The predicted molar refractivity (Wildman–Crippen MR) is 87.1 cm³/mol. The van der Waals surface area contributed by atoms with E-state index in [1.165, 1.54) is 12.1 Å². The summed E-state index contributed by atoms with van der Waals surface area (Å²) in [5.41, 5.74) is 0.777. The molecule has 0 saturated carbocycles. The van der Waals surface area contributed by atoms with E-state index in [9.17, 15) is 14.9 Å². The first-order valence-corrected chi connectivity index (χ1v) is 8.28. The molecule has 2 aliphatic rings. The number of benzene rings is 1. The van der Waals surface area contributed by atoms with Gasteiger partial charge in [-0.25, -0.2) is 0 Å².